The third kappa shape index (κ3) is 3.82. The molecule has 20 heavy (non-hydrogen) atoms. The van der Waals surface area contributed by atoms with Gasteiger partial charge in [-0.25, -0.2) is 4.79 Å². The van der Waals surface area contributed by atoms with Crippen molar-refractivity contribution in [2.45, 2.75) is 51.1 Å². The minimum atomic E-state index is 0.0942. The molecule has 2 amide bonds. The lowest BCUT2D eigenvalue weighted by Crippen LogP contribution is -2.57. The highest BCUT2D eigenvalue weighted by Crippen LogP contribution is 2.18. The van der Waals surface area contributed by atoms with Gasteiger partial charge in [-0.15, -0.1) is 0 Å². The summed E-state index contributed by atoms with van der Waals surface area (Å²) in [6.45, 7) is 5.40. The first kappa shape index (κ1) is 15.5. The molecule has 2 aliphatic rings. The molecule has 3 N–H and O–H groups in total. The molecule has 1 heterocycles. The lowest BCUT2D eigenvalue weighted by molar-refractivity contribution is 0.121. The minimum Gasteiger partial charge on any atom is -0.392 e. The molecule has 1 aliphatic heterocycles. The summed E-state index contributed by atoms with van der Waals surface area (Å²) in [4.78, 5) is 16.9. The molecule has 2 rings (SSSR count). The maximum Gasteiger partial charge on any atom is 0.317 e. The number of nitrogens with one attached hydrogen (secondary N) is 1. The van der Waals surface area contributed by atoms with Gasteiger partial charge in [0, 0.05) is 32.2 Å². The van der Waals surface area contributed by atoms with Crippen LogP contribution in [0, 0.1) is 0 Å². The summed E-state index contributed by atoms with van der Waals surface area (Å²) >= 11 is 5.17. The van der Waals surface area contributed by atoms with Gasteiger partial charge in [0.1, 0.15) is 0 Å². The average Bonchev–Trinajstić information content (AvgIpc) is 2.40. The van der Waals surface area contributed by atoms with Crippen LogP contribution in [0.15, 0.2) is 0 Å². The second-order valence-corrected chi connectivity index (χ2v) is 6.28. The highest BCUT2D eigenvalue weighted by Gasteiger charge is 2.28. The van der Waals surface area contributed by atoms with E-state index in [0.29, 0.717) is 11.0 Å². The molecule has 0 bridgehead atoms. The van der Waals surface area contributed by atoms with Gasteiger partial charge >= 0.3 is 6.03 Å². The molecule has 5 nitrogen and oxygen atoms in total. The monoisotopic (exact) mass is 298 g/mol. The molecule has 1 aliphatic carbocycles. The van der Waals surface area contributed by atoms with Gasteiger partial charge in [0.05, 0.1) is 11.0 Å². The standard InChI is InChI=1S/C14H26N4OS/c1-2-4-12(13(15)20)17-7-9-18(10-8-17)14(19)16-11-5-3-6-11/h11-12H,2-10H2,1H3,(H2,15,20)(H,16,19). The van der Waals surface area contributed by atoms with E-state index >= 15 is 0 Å². The number of carbonyl (C=O) groups is 1. The van der Waals surface area contributed by atoms with E-state index in [1.54, 1.807) is 0 Å². The summed E-state index contributed by atoms with van der Waals surface area (Å²) in [6.07, 6.45) is 5.58. The van der Waals surface area contributed by atoms with Crippen LogP contribution in [0.5, 0.6) is 0 Å². The molecule has 1 saturated carbocycles. The lowest BCUT2D eigenvalue weighted by atomic mass is 9.93. The first-order valence-electron chi connectivity index (χ1n) is 7.70. The summed E-state index contributed by atoms with van der Waals surface area (Å²) in [6, 6.07) is 0.688. The van der Waals surface area contributed by atoms with Crippen LogP contribution >= 0.6 is 12.2 Å². The quantitative estimate of drug-likeness (QED) is 0.752. The van der Waals surface area contributed by atoms with E-state index in [-0.39, 0.29) is 12.1 Å². The van der Waals surface area contributed by atoms with E-state index < -0.39 is 0 Å². The van der Waals surface area contributed by atoms with Crippen molar-refractivity contribution >= 4 is 23.2 Å². The third-order valence-electron chi connectivity index (χ3n) is 4.37. The normalized spacial score (nSPS) is 22.1. The van der Waals surface area contributed by atoms with Crippen molar-refractivity contribution in [1.82, 2.24) is 15.1 Å². The lowest BCUT2D eigenvalue weighted by Gasteiger charge is -2.39. The number of nitrogens with zero attached hydrogens (tertiary/aromatic N) is 2. The van der Waals surface area contributed by atoms with Crippen LogP contribution in [0.25, 0.3) is 0 Å². The average molecular weight is 298 g/mol. The van der Waals surface area contributed by atoms with E-state index in [9.17, 15) is 4.79 Å². The fourth-order valence-corrected chi connectivity index (χ4v) is 3.10. The maximum absolute atomic E-state index is 12.1. The zero-order valence-electron chi connectivity index (χ0n) is 12.3. The largest absolute Gasteiger partial charge is 0.392 e. The van der Waals surface area contributed by atoms with Crippen molar-refractivity contribution in [2.75, 3.05) is 26.2 Å². The molecule has 0 spiro atoms. The summed E-state index contributed by atoms with van der Waals surface area (Å²) in [5.74, 6) is 0. The number of hydrogen-bond donors (Lipinski definition) is 2. The van der Waals surface area contributed by atoms with Gasteiger partial charge in [-0.1, -0.05) is 25.6 Å². The minimum absolute atomic E-state index is 0.0942. The third-order valence-corrected chi connectivity index (χ3v) is 4.64. The number of hydrogen-bond acceptors (Lipinski definition) is 3. The number of piperazine rings is 1. The van der Waals surface area contributed by atoms with E-state index in [1.165, 1.54) is 6.42 Å². The highest BCUT2D eigenvalue weighted by atomic mass is 32.1. The molecule has 0 aromatic rings. The predicted octanol–water partition coefficient (Wildman–Crippen LogP) is 1.32. The van der Waals surface area contributed by atoms with E-state index in [1.807, 2.05) is 4.90 Å². The van der Waals surface area contributed by atoms with Crippen LogP contribution in [0.1, 0.15) is 39.0 Å². The van der Waals surface area contributed by atoms with Gasteiger partial charge in [-0.05, 0) is 25.7 Å². The smallest absolute Gasteiger partial charge is 0.317 e. The molecular formula is C14H26N4OS. The Morgan fingerprint density at radius 2 is 2.00 bits per heavy atom. The van der Waals surface area contributed by atoms with E-state index in [0.717, 1.165) is 51.9 Å². The van der Waals surface area contributed by atoms with Crippen molar-refractivity contribution in [3.8, 4) is 0 Å². The molecule has 1 unspecified atom stereocenters. The van der Waals surface area contributed by atoms with E-state index in [4.69, 9.17) is 18.0 Å². The Hall–Kier alpha value is -0.880. The molecule has 1 saturated heterocycles. The zero-order valence-corrected chi connectivity index (χ0v) is 13.1. The number of amides is 2. The second kappa shape index (κ2) is 7.22. The van der Waals surface area contributed by atoms with Crippen molar-refractivity contribution in [3.63, 3.8) is 0 Å². The molecule has 0 aromatic heterocycles. The topological polar surface area (TPSA) is 61.6 Å². The van der Waals surface area contributed by atoms with E-state index in [2.05, 4.69) is 17.1 Å². The Labute approximate surface area is 126 Å². The van der Waals surface area contributed by atoms with Crippen molar-refractivity contribution < 1.29 is 4.79 Å². The molecule has 0 aromatic carbocycles. The Balaban J connectivity index is 1.78. The fraction of sp³-hybridized carbons (Fsp3) is 0.857. The van der Waals surface area contributed by atoms with Crippen LogP contribution in [0.2, 0.25) is 0 Å². The van der Waals surface area contributed by atoms with Crippen LogP contribution < -0.4 is 11.1 Å². The van der Waals surface area contributed by atoms with Crippen LogP contribution in [-0.2, 0) is 0 Å². The number of rotatable bonds is 5. The van der Waals surface area contributed by atoms with Gasteiger partial charge in [-0.3, -0.25) is 4.90 Å². The molecule has 2 fully saturated rings. The Morgan fingerprint density at radius 1 is 1.35 bits per heavy atom. The van der Waals surface area contributed by atoms with Gasteiger partial charge in [0.15, 0.2) is 0 Å². The van der Waals surface area contributed by atoms with Crippen molar-refractivity contribution in [1.29, 1.82) is 0 Å². The second-order valence-electron chi connectivity index (χ2n) is 5.81. The van der Waals surface area contributed by atoms with Gasteiger partial charge in [0.25, 0.3) is 0 Å². The first-order valence-corrected chi connectivity index (χ1v) is 8.11. The van der Waals surface area contributed by atoms with Gasteiger partial charge < -0.3 is 16.0 Å². The van der Waals surface area contributed by atoms with Crippen molar-refractivity contribution in [2.24, 2.45) is 5.73 Å². The molecule has 1 atom stereocenters. The number of carbonyl (C=O) groups excluding carboxylic acids is 1. The number of nitrogens with two attached hydrogens (primary N) is 1. The molecule has 6 heteroatoms. The van der Waals surface area contributed by atoms with Crippen LogP contribution in [0.3, 0.4) is 0 Å². The molecule has 0 radical (unpaired) electrons. The predicted molar refractivity (Wildman–Crippen MR) is 84.8 cm³/mol. The Morgan fingerprint density at radius 3 is 2.45 bits per heavy atom. The SMILES string of the molecule is CCCC(C(N)=S)N1CCN(C(=O)NC2CCC2)CC1. The van der Waals surface area contributed by atoms with Crippen LogP contribution in [0.4, 0.5) is 4.79 Å². The van der Waals surface area contributed by atoms with Gasteiger partial charge in [0.2, 0.25) is 0 Å². The Bertz CT molecular complexity index is 351. The van der Waals surface area contributed by atoms with Crippen LogP contribution in [-0.4, -0.2) is 59.1 Å². The van der Waals surface area contributed by atoms with Crippen molar-refractivity contribution in [3.05, 3.63) is 0 Å². The number of thiocarbonyl (C=S) groups is 1. The maximum atomic E-state index is 12.1. The Kier molecular flexibility index (Phi) is 5.60. The highest BCUT2D eigenvalue weighted by molar-refractivity contribution is 7.80. The summed E-state index contributed by atoms with van der Waals surface area (Å²) in [5, 5.41) is 3.10. The summed E-state index contributed by atoms with van der Waals surface area (Å²) < 4.78 is 0. The molecule has 114 valence electrons. The fourth-order valence-electron chi connectivity index (χ4n) is 2.83. The zero-order chi connectivity index (χ0) is 14.5. The molecular weight excluding hydrogens is 272 g/mol. The summed E-state index contributed by atoms with van der Waals surface area (Å²) in [7, 11) is 0. The summed E-state index contributed by atoms with van der Waals surface area (Å²) in [5.41, 5.74) is 5.84. The first-order chi connectivity index (χ1) is 9.61. The van der Waals surface area contributed by atoms with Gasteiger partial charge in [-0.2, -0.15) is 0 Å². The number of urea groups is 1.